The molecule has 0 aliphatic rings. The first kappa shape index (κ1) is 14.4. The lowest BCUT2D eigenvalue weighted by Crippen LogP contribution is -2.23. The van der Waals surface area contributed by atoms with Crippen LogP contribution < -0.4 is 5.43 Å². The fraction of sp³-hybridized carbons (Fsp3) is 0.154. The molecule has 0 aliphatic heterocycles. The van der Waals surface area contributed by atoms with Gasteiger partial charge < -0.3 is 5.11 Å². The Kier molecular flexibility index (Phi) is 3.53. The minimum absolute atomic E-state index is 0.0937. The van der Waals surface area contributed by atoms with Crippen molar-refractivity contribution in [3.05, 3.63) is 61.6 Å². The minimum Gasteiger partial charge on any atom is -0.476 e. The normalized spacial score (nSPS) is 10.4. The molecule has 108 valence electrons. The van der Waals surface area contributed by atoms with Crippen molar-refractivity contribution in [3.8, 4) is 5.69 Å². The van der Waals surface area contributed by atoms with Gasteiger partial charge in [0.2, 0.25) is 11.1 Å². The predicted octanol–water partition coefficient (Wildman–Crippen LogP) is 1.46. The molecule has 0 fully saturated rings. The summed E-state index contributed by atoms with van der Waals surface area (Å²) in [5.41, 5.74) is -0.699. The molecule has 1 heterocycles. The molecule has 0 saturated heterocycles. The van der Waals surface area contributed by atoms with E-state index in [1.54, 1.807) is 13.0 Å². The molecule has 0 bridgehead atoms. The molecule has 0 unspecified atom stereocenters. The number of aromatic carboxylic acids is 1. The topological polar surface area (TPSA) is 115 Å². The highest BCUT2D eigenvalue weighted by Crippen LogP contribution is 2.23. The van der Waals surface area contributed by atoms with Gasteiger partial charge in [0.15, 0.2) is 0 Å². The number of nitrogens with zero attached hydrogens (tertiary/aromatic N) is 3. The lowest BCUT2D eigenvalue weighted by molar-refractivity contribution is -0.384. The molecule has 8 heteroatoms. The Morgan fingerprint density at radius 3 is 2.62 bits per heavy atom. The van der Waals surface area contributed by atoms with Gasteiger partial charge in [-0.25, -0.2) is 9.48 Å². The lowest BCUT2D eigenvalue weighted by atomic mass is 10.2. The summed E-state index contributed by atoms with van der Waals surface area (Å²) < 4.78 is 1.04. The number of nitro groups is 1. The van der Waals surface area contributed by atoms with E-state index >= 15 is 0 Å². The zero-order valence-corrected chi connectivity index (χ0v) is 11.2. The Balaban J connectivity index is 2.76. The van der Waals surface area contributed by atoms with Crippen LogP contribution in [0.25, 0.3) is 5.69 Å². The molecule has 0 amide bonds. The van der Waals surface area contributed by atoms with Crippen molar-refractivity contribution < 1.29 is 14.8 Å². The molecule has 8 nitrogen and oxygen atoms in total. The second-order valence-corrected chi connectivity index (χ2v) is 4.49. The largest absolute Gasteiger partial charge is 0.476 e. The van der Waals surface area contributed by atoms with Crippen LogP contribution in [-0.4, -0.2) is 25.8 Å². The summed E-state index contributed by atoms with van der Waals surface area (Å²) in [6.07, 6.45) is 1.27. The Bertz CT molecular complexity index is 810. The second kappa shape index (κ2) is 5.16. The summed E-state index contributed by atoms with van der Waals surface area (Å²) in [6.45, 7) is 3.12. The number of hydrogen-bond acceptors (Lipinski definition) is 5. The number of aryl methyl sites for hydroxylation is 2. The minimum atomic E-state index is -1.48. The third-order valence-corrected chi connectivity index (χ3v) is 2.87. The first-order chi connectivity index (χ1) is 9.81. The summed E-state index contributed by atoms with van der Waals surface area (Å²) in [6, 6.07) is 4.44. The summed E-state index contributed by atoms with van der Waals surface area (Å²) in [5.74, 6) is -1.48. The average Bonchev–Trinajstić information content (AvgIpc) is 2.41. The highest BCUT2D eigenvalue weighted by Gasteiger charge is 2.19. The molecule has 1 N–H and O–H groups in total. The van der Waals surface area contributed by atoms with Crippen LogP contribution in [0.15, 0.2) is 29.2 Å². The van der Waals surface area contributed by atoms with Gasteiger partial charge in [0.1, 0.15) is 5.69 Å². The van der Waals surface area contributed by atoms with Crippen molar-refractivity contribution in [2.45, 2.75) is 13.8 Å². The van der Waals surface area contributed by atoms with Crippen molar-refractivity contribution in [3.63, 3.8) is 0 Å². The lowest BCUT2D eigenvalue weighted by Gasteiger charge is -2.08. The van der Waals surface area contributed by atoms with E-state index in [0.717, 1.165) is 4.68 Å². The van der Waals surface area contributed by atoms with E-state index in [2.05, 4.69) is 5.10 Å². The van der Waals surface area contributed by atoms with E-state index in [0.29, 0.717) is 5.56 Å². The van der Waals surface area contributed by atoms with Crippen LogP contribution in [-0.2, 0) is 0 Å². The highest BCUT2D eigenvalue weighted by molar-refractivity contribution is 5.85. The maximum Gasteiger partial charge on any atom is 0.360 e. The fourth-order valence-corrected chi connectivity index (χ4v) is 1.85. The van der Waals surface area contributed by atoms with Crippen LogP contribution in [0, 0.1) is 24.0 Å². The number of rotatable bonds is 3. The van der Waals surface area contributed by atoms with E-state index in [1.807, 2.05) is 0 Å². The third kappa shape index (κ3) is 2.64. The Hall–Kier alpha value is -3.03. The Morgan fingerprint density at radius 2 is 2.05 bits per heavy atom. The quantitative estimate of drug-likeness (QED) is 0.675. The zero-order chi connectivity index (χ0) is 15.7. The molecule has 2 rings (SSSR count). The first-order valence-corrected chi connectivity index (χ1v) is 5.90. The molecule has 0 atom stereocenters. The molecule has 21 heavy (non-hydrogen) atoms. The van der Waals surface area contributed by atoms with Crippen LogP contribution >= 0.6 is 0 Å². The smallest absolute Gasteiger partial charge is 0.360 e. The summed E-state index contributed by atoms with van der Waals surface area (Å²) in [5, 5.41) is 23.8. The SMILES string of the molecule is Cc1ccc(-n2cc(C)c(=O)c(C(=O)O)n2)c([N+](=O)[O-])c1. The van der Waals surface area contributed by atoms with Gasteiger partial charge in [0, 0.05) is 17.8 Å². The van der Waals surface area contributed by atoms with Gasteiger partial charge >= 0.3 is 5.97 Å². The number of carboxylic acid groups (broad SMARTS) is 1. The summed E-state index contributed by atoms with van der Waals surface area (Å²) >= 11 is 0. The molecule has 0 spiro atoms. The van der Waals surface area contributed by atoms with Gasteiger partial charge in [0.25, 0.3) is 5.69 Å². The molecular formula is C13H11N3O5. The molecular weight excluding hydrogens is 278 g/mol. The highest BCUT2D eigenvalue weighted by atomic mass is 16.6. The second-order valence-electron chi connectivity index (χ2n) is 4.49. The number of carboxylic acids is 1. The molecule has 1 aromatic heterocycles. The molecule has 1 aromatic carbocycles. The van der Waals surface area contributed by atoms with Crippen molar-refractivity contribution in [1.82, 2.24) is 9.78 Å². The molecule has 0 saturated carbocycles. The number of carbonyl (C=O) groups is 1. The van der Waals surface area contributed by atoms with Crippen molar-refractivity contribution in [1.29, 1.82) is 0 Å². The van der Waals surface area contributed by atoms with E-state index in [-0.39, 0.29) is 16.9 Å². The van der Waals surface area contributed by atoms with E-state index < -0.39 is 22.0 Å². The third-order valence-electron chi connectivity index (χ3n) is 2.87. The predicted molar refractivity (Wildman–Crippen MR) is 72.9 cm³/mol. The van der Waals surface area contributed by atoms with Crippen molar-refractivity contribution in [2.75, 3.05) is 0 Å². The molecule has 0 aliphatic carbocycles. The number of aromatic nitrogens is 2. The van der Waals surface area contributed by atoms with Gasteiger partial charge in [-0.15, -0.1) is 0 Å². The maximum absolute atomic E-state index is 11.7. The van der Waals surface area contributed by atoms with Crippen LogP contribution in [0.2, 0.25) is 0 Å². The van der Waals surface area contributed by atoms with Crippen molar-refractivity contribution >= 4 is 11.7 Å². The van der Waals surface area contributed by atoms with Crippen LogP contribution in [0.3, 0.4) is 0 Å². The van der Waals surface area contributed by atoms with Crippen LogP contribution in [0.5, 0.6) is 0 Å². The number of benzene rings is 1. The van der Waals surface area contributed by atoms with Gasteiger partial charge in [-0.05, 0) is 25.5 Å². The number of nitro benzene ring substituents is 1. The molecule has 0 radical (unpaired) electrons. The summed E-state index contributed by atoms with van der Waals surface area (Å²) in [7, 11) is 0. The first-order valence-electron chi connectivity index (χ1n) is 5.90. The van der Waals surface area contributed by atoms with Crippen molar-refractivity contribution in [2.24, 2.45) is 0 Å². The standard InChI is InChI=1S/C13H11N3O5/c1-7-3-4-9(10(5-7)16(20)21)15-6-8(2)12(17)11(14-15)13(18)19/h3-6H,1-2H3,(H,18,19). The Labute approximate surface area is 118 Å². The van der Waals surface area contributed by atoms with E-state index in [9.17, 15) is 19.7 Å². The van der Waals surface area contributed by atoms with Gasteiger partial charge in [-0.2, -0.15) is 5.10 Å². The monoisotopic (exact) mass is 289 g/mol. The maximum atomic E-state index is 11.7. The van der Waals surface area contributed by atoms with E-state index in [1.165, 1.54) is 25.3 Å². The van der Waals surface area contributed by atoms with Crippen LogP contribution in [0.1, 0.15) is 21.6 Å². The summed E-state index contributed by atoms with van der Waals surface area (Å²) in [4.78, 5) is 33.2. The van der Waals surface area contributed by atoms with Crippen LogP contribution in [0.4, 0.5) is 5.69 Å². The average molecular weight is 289 g/mol. The van der Waals surface area contributed by atoms with Gasteiger partial charge in [-0.3, -0.25) is 14.9 Å². The molecule has 2 aromatic rings. The number of hydrogen-bond donors (Lipinski definition) is 1. The van der Waals surface area contributed by atoms with Gasteiger partial charge in [-0.1, -0.05) is 6.07 Å². The van der Waals surface area contributed by atoms with E-state index in [4.69, 9.17) is 5.11 Å². The fourth-order valence-electron chi connectivity index (χ4n) is 1.85. The van der Waals surface area contributed by atoms with Gasteiger partial charge in [0.05, 0.1) is 4.92 Å². The Morgan fingerprint density at radius 1 is 1.38 bits per heavy atom. The zero-order valence-electron chi connectivity index (χ0n) is 11.2.